The van der Waals surface area contributed by atoms with Crippen LogP contribution in [-0.2, 0) is 10.9 Å². The Labute approximate surface area is 124 Å². The van der Waals surface area contributed by atoms with Crippen molar-refractivity contribution in [2.45, 2.75) is 13.8 Å². The monoisotopic (exact) mass is 331 g/mol. The summed E-state index contributed by atoms with van der Waals surface area (Å²) in [6.07, 6.45) is 4.20. The van der Waals surface area contributed by atoms with Gasteiger partial charge in [-0.2, -0.15) is 0 Å². The average Bonchev–Trinajstić information content (AvgIpc) is 2.30. The molecule has 1 aromatic rings. The summed E-state index contributed by atoms with van der Waals surface area (Å²) in [5.74, 6) is 0.911. The first-order chi connectivity index (χ1) is 8.08. The molecule has 1 rings (SSSR count). The van der Waals surface area contributed by atoms with E-state index in [9.17, 15) is 4.79 Å². The fraction of sp³-hybridized carbons (Fsp3) is 0.500. The highest BCUT2D eigenvalue weighted by Crippen LogP contribution is 2.15. The molecule has 0 bridgehead atoms. The molecule has 1 aromatic carbocycles. The maximum absolute atomic E-state index is 11.9. The summed E-state index contributed by atoms with van der Waals surface area (Å²) in [6, 6.07) is 7.99. The van der Waals surface area contributed by atoms with Crippen molar-refractivity contribution in [1.29, 1.82) is 0 Å². The number of carbonyl (C=O) groups is 1. The van der Waals surface area contributed by atoms with Crippen LogP contribution in [0.2, 0.25) is 0 Å². The first kappa shape index (κ1) is 17.5. The van der Waals surface area contributed by atoms with Crippen molar-refractivity contribution in [2.24, 2.45) is 0 Å². The quantitative estimate of drug-likeness (QED) is 0.522. The molecule has 0 atom stereocenters. The first-order valence-electron chi connectivity index (χ1n) is 6.00. The third-order valence-electron chi connectivity index (χ3n) is 2.74. The fourth-order valence-electron chi connectivity index (χ4n) is 1.79. The van der Waals surface area contributed by atoms with Crippen LogP contribution in [0.3, 0.4) is 0 Å². The van der Waals surface area contributed by atoms with Crippen LogP contribution < -0.4 is 21.9 Å². The van der Waals surface area contributed by atoms with E-state index in [-0.39, 0.29) is 33.7 Å². The van der Waals surface area contributed by atoms with Gasteiger partial charge in [0, 0.05) is 24.3 Å². The van der Waals surface area contributed by atoms with Crippen molar-refractivity contribution in [2.75, 3.05) is 36.3 Å². The van der Waals surface area contributed by atoms with Crippen LogP contribution in [0, 0.1) is 0 Å². The van der Waals surface area contributed by atoms with Gasteiger partial charge in [-0.1, -0.05) is 0 Å². The molecule has 2 nitrogen and oxygen atoms in total. The Morgan fingerprint density at radius 3 is 2.00 bits per heavy atom. The predicted octanol–water partition coefficient (Wildman–Crippen LogP) is -0.403. The molecule has 0 unspecified atom stereocenters. The lowest BCUT2D eigenvalue weighted by atomic mass is 10.1. The van der Waals surface area contributed by atoms with E-state index < -0.39 is 0 Å². The van der Waals surface area contributed by atoms with Crippen molar-refractivity contribution in [3.8, 4) is 0 Å². The molecule has 0 aromatic heterocycles. The largest absolute Gasteiger partial charge is 1.00 e. The summed E-state index contributed by atoms with van der Waals surface area (Å²) in [5.41, 5.74) is 2.03. The van der Waals surface area contributed by atoms with Crippen molar-refractivity contribution in [3.05, 3.63) is 29.8 Å². The van der Waals surface area contributed by atoms with Crippen molar-refractivity contribution < 1.29 is 21.8 Å². The van der Waals surface area contributed by atoms with Gasteiger partial charge in [0.05, 0.1) is 12.5 Å². The van der Waals surface area contributed by atoms with Crippen LogP contribution in [0.5, 0.6) is 0 Å². The predicted molar refractivity (Wildman–Crippen MR) is 78.4 cm³/mol. The molecule has 0 heterocycles. The van der Waals surface area contributed by atoms with Crippen LogP contribution in [0.1, 0.15) is 24.2 Å². The molecule has 0 spiro atoms. The standard InChI is InChI=1S/C14H22NOS.BrH/c1-5-15(6-2)13-9-7-12(8-10-13)14(16)11-17(3)4;/h7-10H,5-6,11H2,1-4H3;1H/q+1;/p-1. The molecule has 0 aliphatic carbocycles. The molecule has 18 heavy (non-hydrogen) atoms. The van der Waals surface area contributed by atoms with Crippen LogP contribution in [0.15, 0.2) is 24.3 Å². The van der Waals surface area contributed by atoms with E-state index in [4.69, 9.17) is 0 Å². The van der Waals surface area contributed by atoms with Gasteiger partial charge >= 0.3 is 0 Å². The Morgan fingerprint density at radius 1 is 1.11 bits per heavy atom. The minimum atomic E-state index is 0. The lowest BCUT2D eigenvalue weighted by molar-refractivity contribution is -0.0000116. The van der Waals surface area contributed by atoms with Gasteiger partial charge in [-0.3, -0.25) is 4.79 Å². The molecule has 4 heteroatoms. The summed E-state index contributed by atoms with van der Waals surface area (Å²) in [5, 5.41) is 0. The fourth-order valence-corrected chi connectivity index (χ4v) is 2.48. The van der Waals surface area contributed by atoms with E-state index in [2.05, 4.69) is 31.3 Å². The zero-order valence-corrected chi connectivity index (χ0v) is 14.0. The normalized spacial score (nSPS) is 10.1. The Balaban J connectivity index is 0.00000289. The average molecular weight is 332 g/mol. The number of halogens is 1. The zero-order chi connectivity index (χ0) is 12.8. The topological polar surface area (TPSA) is 20.3 Å². The lowest BCUT2D eigenvalue weighted by Gasteiger charge is -2.20. The van der Waals surface area contributed by atoms with Crippen LogP contribution >= 0.6 is 0 Å². The second kappa shape index (κ2) is 8.59. The minimum Gasteiger partial charge on any atom is -1.00 e. The Kier molecular flexibility index (Phi) is 8.36. The molecular formula is C14H22BrNOS. The highest BCUT2D eigenvalue weighted by molar-refractivity contribution is 7.96. The lowest BCUT2D eigenvalue weighted by Crippen LogP contribution is -3.00. The molecule has 0 radical (unpaired) electrons. The number of carbonyl (C=O) groups excluding carboxylic acids is 1. The number of ketones is 1. The summed E-state index contributed by atoms with van der Waals surface area (Å²) >= 11 is 0. The molecule has 0 fully saturated rings. The summed E-state index contributed by atoms with van der Waals surface area (Å²) in [7, 11) is 0.177. The van der Waals surface area contributed by atoms with E-state index in [1.807, 2.05) is 24.3 Å². The molecule has 0 N–H and O–H groups in total. The maximum atomic E-state index is 11.9. The van der Waals surface area contributed by atoms with Gasteiger partial charge in [-0.15, -0.1) is 0 Å². The van der Waals surface area contributed by atoms with Crippen LogP contribution in [0.25, 0.3) is 0 Å². The second-order valence-electron chi connectivity index (χ2n) is 4.27. The summed E-state index contributed by atoms with van der Waals surface area (Å²) in [4.78, 5) is 14.1. The SMILES string of the molecule is CCN(CC)c1ccc(C(=O)C[S+](C)C)cc1.[Br-]. The van der Waals surface area contributed by atoms with Gasteiger partial charge in [0.1, 0.15) is 0 Å². The third kappa shape index (κ3) is 5.02. The van der Waals surface area contributed by atoms with E-state index in [0.717, 1.165) is 18.7 Å². The molecule has 0 saturated heterocycles. The molecule has 0 saturated carbocycles. The number of nitrogens with zero attached hydrogens (tertiary/aromatic N) is 1. The van der Waals surface area contributed by atoms with Crippen molar-refractivity contribution in [1.82, 2.24) is 0 Å². The van der Waals surface area contributed by atoms with Crippen molar-refractivity contribution in [3.63, 3.8) is 0 Å². The van der Waals surface area contributed by atoms with Gasteiger partial charge in [-0.25, -0.2) is 0 Å². The Hall–Kier alpha value is -0.480. The molecule has 0 aliphatic heterocycles. The van der Waals surface area contributed by atoms with Gasteiger partial charge in [0.2, 0.25) is 5.78 Å². The number of rotatable bonds is 6. The summed E-state index contributed by atoms with van der Waals surface area (Å²) < 4.78 is 0. The highest BCUT2D eigenvalue weighted by Gasteiger charge is 2.14. The number of Topliss-reactive ketones (excluding diaryl/α,β-unsaturated/α-hetero) is 1. The van der Waals surface area contributed by atoms with Crippen LogP contribution in [-0.4, -0.2) is 37.1 Å². The van der Waals surface area contributed by atoms with E-state index >= 15 is 0 Å². The zero-order valence-electron chi connectivity index (χ0n) is 11.6. The number of hydrogen-bond donors (Lipinski definition) is 0. The minimum absolute atomic E-state index is 0. The van der Waals surface area contributed by atoms with Gasteiger partial charge < -0.3 is 21.9 Å². The first-order valence-corrected chi connectivity index (χ1v) is 8.21. The molecule has 0 amide bonds. The second-order valence-corrected chi connectivity index (χ2v) is 6.53. The number of hydrogen-bond acceptors (Lipinski definition) is 2. The van der Waals surface area contributed by atoms with Gasteiger partial charge in [-0.05, 0) is 49.0 Å². The summed E-state index contributed by atoms with van der Waals surface area (Å²) in [6.45, 7) is 6.28. The van der Waals surface area contributed by atoms with Gasteiger partial charge in [0.25, 0.3) is 0 Å². The molecule has 0 aliphatic rings. The third-order valence-corrected chi connectivity index (χ3v) is 3.58. The number of benzene rings is 1. The Morgan fingerprint density at radius 2 is 1.61 bits per heavy atom. The molecular weight excluding hydrogens is 310 g/mol. The number of anilines is 1. The smallest absolute Gasteiger partial charge is 0.211 e. The molecule has 102 valence electrons. The maximum Gasteiger partial charge on any atom is 0.211 e. The van der Waals surface area contributed by atoms with E-state index in [1.165, 1.54) is 5.69 Å². The van der Waals surface area contributed by atoms with E-state index in [0.29, 0.717) is 5.75 Å². The van der Waals surface area contributed by atoms with Crippen molar-refractivity contribution >= 4 is 22.4 Å². The van der Waals surface area contributed by atoms with E-state index in [1.54, 1.807) is 0 Å². The van der Waals surface area contributed by atoms with Gasteiger partial charge in [0.15, 0.2) is 5.75 Å². The Bertz CT molecular complexity index is 361. The van der Waals surface area contributed by atoms with Crippen LogP contribution in [0.4, 0.5) is 5.69 Å². The highest BCUT2D eigenvalue weighted by atomic mass is 79.9.